The molecule has 1 saturated heterocycles. The Morgan fingerprint density at radius 3 is 2.42 bits per heavy atom. The molecule has 2 aromatic rings. The number of carbonyl (C=O) groups excluding carboxylic acids is 1. The fourth-order valence-electron chi connectivity index (χ4n) is 3.09. The van der Waals surface area contributed by atoms with Crippen molar-refractivity contribution in [3.05, 3.63) is 35.3 Å². The SMILES string of the molecule is O=C(Nc1nnc(C2CC2)s1)C1CCN(S(=O)(=O)c2ccccc2)CC1. The van der Waals surface area contributed by atoms with Gasteiger partial charge in [0.1, 0.15) is 5.01 Å². The summed E-state index contributed by atoms with van der Waals surface area (Å²) in [5.74, 6) is 0.218. The summed E-state index contributed by atoms with van der Waals surface area (Å²) in [5, 5.41) is 12.5. The number of hydrogen-bond donors (Lipinski definition) is 1. The van der Waals surface area contributed by atoms with Crippen LogP contribution in [-0.4, -0.2) is 41.9 Å². The monoisotopic (exact) mass is 392 g/mol. The van der Waals surface area contributed by atoms with Gasteiger partial charge in [-0.3, -0.25) is 4.79 Å². The quantitative estimate of drug-likeness (QED) is 0.844. The third-order valence-corrected chi connectivity index (χ3v) is 7.72. The summed E-state index contributed by atoms with van der Waals surface area (Å²) in [5.41, 5.74) is 0. The van der Waals surface area contributed by atoms with Gasteiger partial charge in [0.25, 0.3) is 0 Å². The van der Waals surface area contributed by atoms with E-state index >= 15 is 0 Å². The molecule has 1 amide bonds. The highest BCUT2D eigenvalue weighted by molar-refractivity contribution is 7.89. The van der Waals surface area contributed by atoms with Crippen LogP contribution in [0, 0.1) is 5.92 Å². The molecule has 1 aromatic heterocycles. The lowest BCUT2D eigenvalue weighted by Gasteiger charge is -2.30. The third-order valence-electron chi connectivity index (χ3n) is 4.80. The number of sulfonamides is 1. The maximum atomic E-state index is 12.6. The Bertz CT molecular complexity index is 886. The Balaban J connectivity index is 1.34. The van der Waals surface area contributed by atoms with E-state index in [1.165, 1.54) is 15.6 Å². The average Bonchev–Trinajstić information content (AvgIpc) is 3.42. The Kier molecular flexibility index (Phi) is 4.76. The van der Waals surface area contributed by atoms with E-state index in [1.54, 1.807) is 30.3 Å². The van der Waals surface area contributed by atoms with E-state index in [-0.39, 0.29) is 11.8 Å². The van der Waals surface area contributed by atoms with Crippen LogP contribution in [-0.2, 0) is 14.8 Å². The van der Waals surface area contributed by atoms with E-state index < -0.39 is 10.0 Å². The highest BCUT2D eigenvalue weighted by Gasteiger charge is 2.33. The molecule has 0 unspecified atom stereocenters. The summed E-state index contributed by atoms with van der Waals surface area (Å²) >= 11 is 1.44. The summed E-state index contributed by atoms with van der Waals surface area (Å²) in [6.07, 6.45) is 3.31. The van der Waals surface area contributed by atoms with Gasteiger partial charge < -0.3 is 5.32 Å². The van der Waals surface area contributed by atoms with Crippen LogP contribution in [0.1, 0.15) is 36.6 Å². The maximum Gasteiger partial charge on any atom is 0.243 e. The minimum absolute atomic E-state index is 0.0970. The zero-order valence-electron chi connectivity index (χ0n) is 14.2. The van der Waals surface area contributed by atoms with E-state index in [1.807, 2.05) is 0 Å². The van der Waals surface area contributed by atoms with Gasteiger partial charge in [0.2, 0.25) is 21.1 Å². The van der Waals surface area contributed by atoms with Crippen molar-refractivity contribution in [3.8, 4) is 0 Å². The normalized spacial score (nSPS) is 19.4. The molecule has 9 heteroatoms. The zero-order chi connectivity index (χ0) is 18.1. The molecular weight excluding hydrogens is 372 g/mol. The molecule has 1 aliphatic carbocycles. The Morgan fingerprint density at radius 2 is 1.77 bits per heavy atom. The molecule has 1 saturated carbocycles. The molecule has 4 rings (SSSR count). The van der Waals surface area contributed by atoms with Crippen LogP contribution in [0.2, 0.25) is 0 Å². The summed E-state index contributed by atoms with van der Waals surface area (Å²) in [7, 11) is -3.49. The van der Waals surface area contributed by atoms with Gasteiger partial charge in [-0.1, -0.05) is 29.5 Å². The molecule has 0 bridgehead atoms. The van der Waals surface area contributed by atoms with Crippen LogP contribution in [0.3, 0.4) is 0 Å². The van der Waals surface area contributed by atoms with Gasteiger partial charge in [-0.15, -0.1) is 10.2 Å². The first-order valence-corrected chi connectivity index (χ1v) is 11.0. The molecule has 1 aromatic carbocycles. The summed E-state index contributed by atoms with van der Waals surface area (Å²) in [6.45, 7) is 0.692. The summed E-state index contributed by atoms with van der Waals surface area (Å²) in [6, 6.07) is 8.41. The van der Waals surface area contributed by atoms with Crippen LogP contribution in [0.25, 0.3) is 0 Å². The van der Waals surface area contributed by atoms with E-state index in [0.717, 1.165) is 17.8 Å². The van der Waals surface area contributed by atoms with Gasteiger partial charge in [-0.2, -0.15) is 4.31 Å². The van der Waals surface area contributed by atoms with Crippen molar-refractivity contribution in [1.82, 2.24) is 14.5 Å². The summed E-state index contributed by atoms with van der Waals surface area (Å²) in [4.78, 5) is 12.7. The predicted octanol–water partition coefficient (Wildman–Crippen LogP) is 2.45. The minimum atomic E-state index is -3.49. The molecule has 0 spiro atoms. The van der Waals surface area contributed by atoms with Crippen molar-refractivity contribution in [2.45, 2.75) is 36.5 Å². The van der Waals surface area contributed by atoms with Gasteiger partial charge in [0.05, 0.1) is 4.90 Å². The number of piperidine rings is 1. The molecule has 2 heterocycles. The molecule has 1 aliphatic heterocycles. The van der Waals surface area contributed by atoms with Gasteiger partial charge in [0, 0.05) is 24.9 Å². The van der Waals surface area contributed by atoms with Gasteiger partial charge in [-0.25, -0.2) is 8.42 Å². The van der Waals surface area contributed by atoms with Crippen molar-refractivity contribution in [1.29, 1.82) is 0 Å². The van der Waals surface area contributed by atoms with Gasteiger partial charge in [0.15, 0.2) is 0 Å². The Morgan fingerprint density at radius 1 is 1.08 bits per heavy atom. The molecule has 2 aliphatic rings. The number of anilines is 1. The van der Waals surface area contributed by atoms with E-state index in [9.17, 15) is 13.2 Å². The molecule has 1 N–H and O–H groups in total. The fraction of sp³-hybridized carbons (Fsp3) is 0.471. The number of carbonyl (C=O) groups is 1. The molecule has 138 valence electrons. The molecule has 26 heavy (non-hydrogen) atoms. The molecule has 2 fully saturated rings. The van der Waals surface area contributed by atoms with E-state index in [0.29, 0.717) is 41.9 Å². The first-order chi connectivity index (χ1) is 12.5. The third kappa shape index (κ3) is 3.65. The van der Waals surface area contributed by atoms with Gasteiger partial charge in [-0.05, 0) is 37.8 Å². The van der Waals surface area contributed by atoms with Crippen LogP contribution in [0.4, 0.5) is 5.13 Å². The molecular formula is C17H20N4O3S2. The lowest BCUT2D eigenvalue weighted by atomic mass is 9.97. The second-order valence-electron chi connectivity index (χ2n) is 6.70. The maximum absolute atomic E-state index is 12.6. The van der Waals surface area contributed by atoms with Crippen molar-refractivity contribution in [3.63, 3.8) is 0 Å². The number of rotatable bonds is 5. The summed E-state index contributed by atoms with van der Waals surface area (Å²) < 4.78 is 26.7. The topological polar surface area (TPSA) is 92.3 Å². The van der Waals surface area contributed by atoms with E-state index in [2.05, 4.69) is 15.5 Å². The average molecular weight is 393 g/mol. The minimum Gasteiger partial charge on any atom is -0.300 e. The largest absolute Gasteiger partial charge is 0.300 e. The number of hydrogen-bond acceptors (Lipinski definition) is 6. The lowest BCUT2D eigenvalue weighted by Crippen LogP contribution is -2.41. The smallest absolute Gasteiger partial charge is 0.243 e. The first kappa shape index (κ1) is 17.6. The first-order valence-electron chi connectivity index (χ1n) is 8.73. The van der Waals surface area contributed by atoms with Crippen LogP contribution in [0.5, 0.6) is 0 Å². The molecule has 7 nitrogen and oxygen atoms in total. The number of aromatic nitrogens is 2. The van der Waals surface area contributed by atoms with E-state index in [4.69, 9.17) is 0 Å². The van der Waals surface area contributed by atoms with Crippen LogP contribution in [0.15, 0.2) is 35.2 Å². The van der Waals surface area contributed by atoms with Gasteiger partial charge >= 0.3 is 0 Å². The molecule has 0 atom stereocenters. The van der Waals surface area contributed by atoms with Crippen molar-refractivity contribution in [2.24, 2.45) is 5.92 Å². The van der Waals surface area contributed by atoms with Crippen molar-refractivity contribution in [2.75, 3.05) is 18.4 Å². The zero-order valence-corrected chi connectivity index (χ0v) is 15.8. The molecule has 0 radical (unpaired) electrons. The van der Waals surface area contributed by atoms with Crippen LogP contribution < -0.4 is 5.32 Å². The second-order valence-corrected chi connectivity index (χ2v) is 9.65. The lowest BCUT2D eigenvalue weighted by molar-refractivity contribution is -0.120. The number of amides is 1. The second kappa shape index (κ2) is 7.05. The Labute approximate surface area is 156 Å². The number of benzene rings is 1. The van der Waals surface area contributed by atoms with Crippen molar-refractivity contribution < 1.29 is 13.2 Å². The van der Waals surface area contributed by atoms with Crippen molar-refractivity contribution >= 4 is 32.4 Å². The predicted molar refractivity (Wildman–Crippen MR) is 98.4 cm³/mol. The fourth-order valence-corrected chi connectivity index (χ4v) is 5.49. The Hall–Kier alpha value is -1.84. The highest BCUT2D eigenvalue weighted by atomic mass is 32.2. The number of nitrogens with zero attached hydrogens (tertiary/aromatic N) is 3. The van der Waals surface area contributed by atoms with Crippen LogP contribution >= 0.6 is 11.3 Å². The highest BCUT2D eigenvalue weighted by Crippen LogP contribution is 2.42. The standard InChI is InChI=1S/C17H20N4O3S2/c22-15(18-17-20-19-16(25-17)13-6-7-13)12-8-10-21(11-9-12)26(23,24)14-4-2-1-3-5-14/h1-5,12-13H,6-11H2,(H,18,20,22). The number of nitrogens with one attached hydrogen (secondary N) is 1.